The van der Waals surface area contributed by atoms with Crippen LogP contribution >= 0.6 is 0 Å². The van der Waals surface area contributed by atoms with E-state index in [4.69, 9.17) is 9.98 Å². The van der Waals surface area contributed by atoms with Gasteiger partial charge in [-0.05, 0) is 98.4 Å². The standard InChI is InChI=1S/C36H46N4O/c1-9-23-24(10-2)32-27(13-5)33-25(11-3)26(12-4)34(39-33)28(14-6)35-29(15-7)36(41)31(40(35)16-8)20-22-18-17-21(37-22)19-30(23)38-32/h17-20,31,38H,9-16H2,1-8H3. The highest BCUT2D eigenvalue weighted by Crippen LogP contribution is 2.42. The van der Waals surface area contributed by atoms with Gasteiger partial charge in [0.1, 0.15) is 6.04 Å². The number of nitrogens with zero attached hydrogens (tertiary/aromatic N) is 3. The first kappa shape index (κ1) is 29.0. The molecule has 1 aromatic heterocycles. The highest BCUT2D eigenvalue weighted by molar-refractivity contribution is 6.29. The lowest BCUT2D eigenvalue weighted by molar-refractivity contribution is -0.117. The van der Waals surface area contributed by atoms with Crippen molar-refractivity contribution in [3.05, 3.63) is 79.4 Å². The molecule has 5 heterocycles. The first-order chi connectivity index (χ1) is 19.9. The Morgan fingerprint density at radius 3 is 1.98 bits per heavy atom. The van der Waals surface area contributed by atoms with Crippen molar-refractivity contribution in [3.8, 4) is 0 Å². The van der Waals surface area contributed by atoms with Crippen LogP contribution < -0.4 is 10.7 Å². The predicted octanol–water partition coefficient (Wildman–Crippen LogP) is 6.56. The van der Waals surface area contributed by atoms with Gasteiger partial charge in [0, 0.05) is 39.7 Å². The van der Waals surface area contributed by atoms with E-state index in [9.17, 15) is 4.79 Å². The third kappa shape index (κ3) is 4.58. The molecule has 8 bridgehead atoms. The molecule has 0 aromatic carbocycles. The maximum absolute atomic E-state index is 14.0. The molecule has 0 spiro atoms. The quantitative estimate of drug-likeness (QED) is 0.398. The first-order valence-corrected chi connectivity index (χ1v) is 15.9. The van der Waals surface area contributed by atoms with E-state index < -0.39 is 0 Å². The van der Waals surface area contributed by atoms with Crippen LogP contribution in [0, 0.1) is 0 Å². The van der Waals surface area contributed by atoms with Crippen LogP contribution in [0.4, 0.5) is 0 Å². The number of aromatic amines is 1. The fourth-order valence-corrected chi connectivity index (χ4v) is 7.32. The van der Waals surface area contributed by atoms with Gasteiger partial charge in [0.25, 0.3) is 0 Å². The fraction of sp³-hybridized carbons (Fsp3) is 0.472. The lowest BCUT2D eigenvalue weighted by Crippen LogP contribution is -2.33. The monoisotopic (exact) mass is 550 g/mol. The molecule has 1 unspecified atom stereocenters. The summed E-state index contributed by atoms with van der Waals surface area (Å²) < 4.78 is 0. The number of allylic oxidation sites excluding steroid dienone is 5. The Hall–Kier alpha value is -3.47. The van der Waals surface area contributed by atoms with E-state index in [1.54, 1.807) is 0 Å². The van der Waals surface area contributed by atoms with Gasteiger partial charge in [-0.1, -0.05) is 48.5 Å². The average Bonchev–Trinajstić information content (AvgIpc) is 3.73. The van der Waals surface area contributed by atoms with E-state index in [-0.39, 0.29) is 11.8 Å². The van der Waals surface area contributed by atoms with Crippen LogP contribution in [-0.4, -0.2) is 39.7 Å². The molecule has 216 valence electrons. The Kier molecular flexibility index (Phi) is 8.35. The number of likely N-dealkylation sites (N-methyl/N-ethyl adjacent to an activating group) is 1. The summed E-state index contributed by atoms with van der Waals surface area (Å²) in [6.07, 6.45) is 14.5. The summed E-state index contributed by atoms with van der Waals surface area (Å²) in [5.41, 5.74) is 13.9. The highest BCUT2D eigenvalue weighted by Gasteiger charge is 2.40. The molecule has 1 atom stereocenters. The van der Waals surface area contributed by atoms with Gasteiger partial charge in [0.15, 0.2) is 5.78 Å². The minimum atomic E-state index is -0.347. The second-order valence-corrected chi connectivity index (χ2v) is 11.1. The molecule has 0 radical (unpaired) electrons. The minimum absolute atomic E-state index is 0.198. The summed E-state index contributed by atoms with van der Waals surface area (Å²) in [6, 6.07) is -0.347. The molecule has 41 heavy (non-hydrogen) atoms. The lowest BCUT2D eigenvalue weighted by Gasteiger charge is -2.28. The second kappa shape index (κ2) is 11.8. The molecule has 0 amide bonds. The molecule has 4 aliphatic heterocycles. The smallest absolute Gasteiger partial charge is 0.187 e. The zero-order valence-corrected chi connectivity index (χ0v) is 26.3. The highest BCUT2D eigenvalue weighted by atomic mass is 16.1. The second-order valence-electron chi connectivity index (χ2n) is 11.1. The summed E-state index contributed by atoms with van der Waals surface area (Å²) in [6.45, 7) is 18.5. The van der Waals surface area contributed by atoms with E-state index >= 15 is 0 Å². The van der Waals surface area contributed by atoms with Crippen LogP contribution in [-0.2, 0) is 17.6 Å². The number of rotatable bonds is 8. The molecule has 0 saturated heterocycles. The van der Waals surface area contributed by atoms with Gasteiger partial charge in [-0.2, -0.15) is 0 Å². The van der Waals surface area contributed by atoms with Gasteiger partial charge in [0.05, 0.1) is 22.8 Å². The van der Waals surface area contributed by atoms with Crippen molar-refractivity contribution in [2.75, 3.05) is 6.54 Å². The van der Waals surface area contributed by atoms with Gasteiger partial charge >= 0.3 is 0 Å². The molecule has 5 nitrogen and oxygen atoms in total. The van der Waals surface area contributed by atoms with E-state index in [0.717, 1.165) is 84.5 Å². The first-order valence-electron chi connectivity index (χ1n) is 15.9. The molecule has 1 N–H and O–H groups in total. The van der Waals surface area contributed by atoms with E-state index in [2.05, 4.69) is 83.5 Å². The summed E-state index contributed by atoms with van der Waals surface area (Å²) in [4.78, 5) is 30.6. The van der Waals surface area contributed by atoms with Crippen LogP contribution in [0.3, 0.4) is 0 Å². The van der Waals surface area contributed by atoms with E-state index in [0.29, 0.717) is 6.42 Å². The van der Waals surface area contributed by atoms with Gasteiger partial charge in [-0.15, -0.1) is 0 Å². The molecule has 5 rings (SSSR count). The number of aliphatic imine (C=N–C) groups is 2. The maximum atomic E-state index is 14.0. The number of aromatic nitrogens is 1. The van der Waals surface area contributed by atoms with E-state index in [1.165, 1.54) is 38.8 Å². The van der Waals surface area contributed by atoms with Crippen molar-refractivity contribution in [2.24, 2.45) is 9.98 Å². The van der Waals surface area contributed by atoms with Gasteiger partial charge in [0.2, 0.25) is 0 Å². The van der Waals surface area contributed by atoms with Crippen molar-refractivity contribution < 1.29 is 4.79 Å². The van der Waals surface area contributed by atoms with Crippen LogP contribution in [0.15, 0.2) is 67.6 Å². The molecule has 0 fully saturated rings. The molecule has 5 heteroatoms. The maximum Gasteiger partial charge on any atom is 0.187 e. The number of Topliss-reactive ketones (excluding diaryl/α,β-unsaturated/α-hetero) is 1. The van der Waals surface area contributed by atoms with E-state index in [1.807, 2.05) is 6.08 Å². The third-order valence-corrected chi connectivity index (χ3v) is 9.16. The van der Waals surface area contributed by atoms with Gasteiger partial charge in [-0.3, -0.25) is 4.79 Å². The summed E-state index contributed by atoms with van der Waals surface area (Å²) >= 11 is 0. The third-order valence-electron chi connectivity index (χ3n) is 9.16. The number of ketones is 1. The lowest BCUT2D eigenvalue weighted by atomic mass is 9.91. The fourth-order valence-electron chi connectivity index (χ4n) is 7.32. The number of H-pyrrole nitrogens is 1. The number of hydrogen-bond donors (Lipinski definition) is 1. The minimum Gasteiger partial charge on any atom is -0.357 e. The normalized spacial score (nSPS) is 20.4. The molecule has 1 aromatic rings. The molecular formula is C36H46N4O. The predicted molar refractivity (Wildman–Crippen MR) is 172 cm³/mol. The topological polar surface area (TPSA) is 60.8 Å². The summed E-state index contributed by atoms with van der Waals surface area (Å²) in [7, 11) is 0. The molecule has 0 aliphatic carbocycles. The molecular weight excluding hydrogens is 504 g/mol. The van der Waals surface area contributed by atoms with Crippen LogP contribution in [0.25, 0.3) is 11.6 Å². The Balaban J connectivity index is 1.98. The summed E-state index contributed by atoms with van der Waals surface area (Å²) in [5.74, 6) is 0.198. The Bertz CT molecular complexity index is 1630. The molecule has 4 aliphatic rings. The van der Waals surface area contributed by atoms with Crippen molar-refractivity contribution in [1.82, 2.24) is 9.88 Å². The van der Waals surface area contributed by atoms with Crippen LogP contribution in [0.2, 0.25) is 0 Å². The number of carbonyl (C=O) groups excluding carboxylic acids is 1. The average molecular weight is 551 g/mol. The zero-order chi connectivity index (χ0) is 29.4. The summed E-state index contributed by atoms with van der Waals surface area (Å²) in [5, 5.41) is 2.36. The van der Waals surface area contributed by atoms with Crippen molar-refractivity contribution in [2.45, 2.75) is 106 Å². The van der Waals surface area contributed by atoms with Gasteiger partial charge in [-0.25, -0.2) is 9.98 Å². The largest absolute Gasteiger partial charge is 0.357 e. The van der Waals surface area contributed by atoms with Crippen molar-refractivity contribution >= 4 is 28.9 Å². The number of hydrogen-bond acceptors (Lipinski definition) is 4. The Morgan fingerprint density at radius 1 is 0.732 bits per heavy atom. The number of nitrogens with one attached hydrogen (secondary N) is 1. The Morgan fingerprint density at radius 2 is 1.39 bits per heavy atom. The van der Waals surface area contributed by atoms with Gasteiger partial charge < -0.3 is 9.88 Å². The van der Waals surface area contributed by atoms with Crippen molar-refractivity contribution in [3.63, 3.8) is 0 Å². The number of carbonyl (C=O) groups is 1. The molecule has 0 saturated carbocycles. The SMILES string of the molecule is CCC1=C(CC)C2=C(CC)C3=C(CC)C(=O)C(C=C4C=CC(=N4)C=c4[nH]c(c(CC)c4CC)=C(CC)C1=N2)N3CC. The number of fused-ring (bicyclic) bond motifs is 6. The van der Waals surface area contributed by atoms with Crippen molar-refractivity contribution in [1.29, 1.82) is 0 Å². The zero-order valence-electron chi connectivity index (χ0n) is 26.3. The van der Waals surface area contributed by atoms with Crippen LogP contribution in [0.1, 0.15) is 98.6 Å². The Labute approximate surface area is 245 Å². The van der Waals surface area contributed by atoms with Crippen LogP contribution in [0.5, 0.6) is 0 Å².